The van der Waals surface area contributed by atoms with Gasteiger partial charge in [-0.3, -0.25) is 9.59 Å². The highest BCUT2D eigenvalue weighted by molar-refractivity contribution is 5.97. The minimum absolute atomic E-state index is 0.265. The van der Waals surface area contributed by atoms with Gasteiger partial charge in [-0.25, -0.2) is 0 Å². The van der Waals surface area contributed by atoms with Gasteiger partial charge in [0, 0.05) is 0 Å². The zero-order chi connectivity index (χ0) is 21.2. The molecule has 0 fully saturated rings. The lowest BCUT2D eigenvalue weighted by atomic mass is 10.1. The number of methoxy groups -OCH3 is 1. The van der Waals surface area contributed by atoms with Crippen LogP contribution in [0.4, 0.5) is 0 Å². The first kappa shape index (κ1) is 22.3. The molecule has 0 aliphatic carbocycles. The summed E-state index contributed by atoms with van der Waals surface area (Å²) in [6, 6.07) is 6.20. The molecule has 2 amide bonds. The normalized spacial score (nSPS) is 12.7. The number of rotatable bonds is 11. The Kier molecular flexibility index (Phi) is 8.58. The van der Waals surface area contributed by atoms with E-state index in [4.69, 9.17) is 13.9 Å². The smallest absolute Gasteiger partial charge is 0.255 e. The third-order valence-electron chi connectivity index (χ3n) is 4.58. The molecule has 0 aliphatic rings. The molecule has 1 aromatic heterocycles. The molecule has 0 bridgehead atoms. The molecular weight excluding hydrogens is 372 g/mol. The number of carbonyl (C=O) groups excluding carboxylic acids is 2. The van der Waals surface area contributed by atoms with Crippen LogP contribution >= 0.6 is 0 Å². The molecule has 7 nitrogen and oxygen atoms in total. The second-order valence-electron chi connectivity index (χ2n) is 6.90. The molecule has 2 rings (SSSR count). The number of ether oxygens (including phenoxy) is 2. The van der Waals surface area contributed by atoms with E-state index in [0.29, 0.717) is 23.7 Å². The SMILES string of the molecule is CCCCCOc1ccc(C(C)NC(=O)C(C)NC(=O)c2ccoc2)cc1OC. The van der Waals surface area contributed by atoms with Gasteiger partial charge < -0.3 is 24.5 Å². The quantitative estimate of drug-likeness (QED) is 0.557. The zero-order valence-corrected chi connectivity index (χ0v) is 17.5. The van der Waals surface area contributed by atoms with Crippen LogP contribution in [0.3, 0.4) is 0 Å². The van der Waals surface area contributed by atoms with Crippen LogP contribution in [0.15, 0.2) is 41.2 Å². The molecular formula is C22H30N2O5. The van der Waals surface area contributed by atoms with Gasteiger partial charge in [-0.15, -0.1) is 0 Å². The van der Waals surface area contributed by atoms with Crippen molar-refractivity contribution in [3.05, 3.63) is 47.9 Å². The minimum Gasteiger partial charge on any atom is -0.493 e. The van der Waals surface area contributed by atoms with Crippen molar-refractivity contribution in [1.82, 2.24) is 10.6 Å². The Balaban J connectivity index is 1.93. The molecule has 2 aromatic rings. The number of hydrogen-bond donors (Lipinski definition) is 2. The highest BCUT2D eigenvalue weighted by Crippen LogP contribution is 2.30. The van der Waals surface area contributed by atoms with Crippen LogP contribution in [0.1, 0.15) is 62.0 Å². The Morgan fingerprint density at radius 3 is 2.55 bits per heavy atom. The summed E-state index contributed by atoms with van der Waals surface area (Å²) >= 11 is 0. The standard InChI is InChI=1S/C22H30N2O5/c1-5-6-7-11-29-19-9-8-17(13-20(19)27-4)15(2)23-21(25)16(3)24-22(26)18-10-12-28-14-18/h8-10,12-16H,5-7,11H2,1-4H3,(H,23,25)(H,24,26). The number of amides is 2. The monoisotopic (exact) mass is 402 g/mol. The number of unbranched alkanes of at least 4 members (excludes halogenated alkanes) is 2. The van der Waals surface area contributed by atoms with Crippen LogP contribution in [0, 0.1) is 0 Å². The fourth-order valence-corrected chi connectivity index (χ4v) is 2.77. The van der Waals surface area contributed by atoms with Crippen molar-refractivity contribution in [2.24, 2.45) is 0 Å². The fraction of sp³-hybridized carbons (Fsp3) is 0.455. The second kappa shape index (κ2) is 11.1. The summed E-state index contributed by atoms with van der Waals surface area (Å²) in [6.45, 7) is 6.30. The summed E-state index contributed by atoms with van der Waals surface area (Å²) in [5.74, 6) is 0.668. The predicted molar refractivity (Wildman–Crippen MR) is 110 cm³/mol. The molecule has 0 saturated heterocycles. The average molecular weight is 402 g/mol. The summed E-state index contributed by atoms with van der Waals surface area (Å²) < 4.78 is 16.1. The molecule has 2 atom stereocenters. The molecule has 2 N–H and O–H groups in total. The Hall–Kier alpha value is -2.96. The van der Waals surface area contributed by atoms with Crippen LogP contribution in [0.5, 0.6) is 11.5 Å². The fourth-order valence-electron chi connectivity index (χ4n) is 2.77. The third kappa shape index (κ3) is 6.55. The Morgan fingerprint density at radius 2 is 1.90 bits per heavy atom. The van der Waals surface area contributed by atoms with Gasteiger partial charge in [0.25, 0.3) is 5.91 Å². The van der Waals surface area contributed by atoms with Gasteiger partial charge in [0.1, 0.15) is 12.3 Å². The number of furan rings is 1. The van der Waals surface area contributed by atoms with Crippen LogP contribution in [0.2, 0.25) is 0 Å². The first-order valence-corrected chi connectivity index (χ1v) is 9.90. The Bertz CT molecular complexity index is 789. The molecule has 1 aromatic carbocycles. The maximum atomic E-state index is 12.5. The molecule has 0 saturated carbocycles. The minimum atomic E-state index is -0.692. The summed E-state index contributed by atoms with van der Waals surface area (Å²) in [6.07, 6.45) is 6.00. The Labute approximate surface area is 171 Å². The second-order valence-corrected chi connectivity index (χ2v) is 6.90. The van der Waals surface area contributed by atoms with E-state index in [1.807, 2.05) is 25.1 Å². The highest BCUT2D eigenvalue weighted by Gasteiger charge is 2.20. The van der Waals surface area contributed by atoms with Gasteiger partial charge in [-0.05, 0) is 44.0 Å². The molecule has 7 heteroatoms. The topological polar surface area (TPSA) is 89.8 Å². The molecule has 2 unspecified atom stereocenters. The lowest BCUT2D eigenvalue weighted by Crippen LogP contribution is -2.45. The van der Waals surface area contributed by atoms with Crippen LogP contribution < -0.4 is 20.1 Å². The summed E-state index contributed by atoms with van der Waals surface area (Å²) in [4.78, 5) is 24.5. The number of hydrogen-bond acceptors (Lipinski definition) is 5. The van der Waals surface area contributed by atoms with Gasteiger partial charge in [0.15, 0.2) is 11.5 Å². The van der Waals surface area contributed by atoms with E-state index in [9.17, 15) is 9.59 Å². The maximum absolute atomic E-state index is 12.5. The molecule has 158 valence electrons. The van der Waals surface area contributed by atoms with E-state index in [0.717, 1.165) is 24.8 Å². The molecule has 0 aliphatic heterocycles. The van der Waals surface area contributed by atoms with Crippen molar-refractivity contribution >= 4 is 11.8 Å². The van der Waals surface area contributed by atoms with E-state index in [2.05, 4.69) is 17.6 Å². The third-order valence-corrected chi connectivity index (χ3v) is 4.58. The van der Waals surface area contributed by atoms with Gasteiger partial charge in [0.2, 0.25) is 5.91 Å². The van der Waals surface area contributed by atoms with Crippen molar-refractivity contribution < 1.29 is 23.5 Å². The van der Waals surface area contributed by atoms with Crippen LogP contribution in [0.25, 0.3) is 0 Å². The average Bonchev–Trinajstić information content (AvgIpc) is 3.26. The zero-order valence-electron chi connectivity index (χ0n) is 17.5. The number of carbonyl (C=O) groups is 2. The number of benzene rings is 1. The largest absolute Gasteiger partial charge is 0.493 e. The van der Waals surface area contributed by atoms with E-state index < -0.39 is 6.04 Å². The van der Waals surface area contributed by atoms with Gasteiger partial charge in [-0.2, -0.15) is 0 Å². The summed E-state index contributed by atoms with van der Waals surface area (Å²) in [5, 5.41) is 5.55. The number of nitrogens with one attached hydrogen (secondary N) is 2. The molecule has 1 heterocycles. The molecule has 29 heavy (non-hydrogen) atoms. The van der Waals surface area contributed by atoms with Crippen molar-refractivity contribution in [3.63, 3.8) is 0 Å². The molecule has 0 radical (unpaired) electrons. The summed E-state index contributed by atoms with van der Waals surface area (Å²) in [5.41, 5.74) is 1.25. The van der Waals surface area contributed by atoms with Crippen LogP contribution in [-0.2, 0) is 4.79 Å². The van der Waals surface area contributed by atoms with E-state index >= 15 is 0 Å². The first-order chi connectivity index (χ1) is 14.0. The highest BCUT2D eigenvalue weighted by atomic mass is 16.5. The predicted octanol–water partition coefficient (Wildman–Crippen LogP) is 3.85. The maximum Gasteiger partial charge on any atom is 0.255 e. The van der Waals surface area contributed by atoms with Crippen molar-refractivity contribution in [2.75, 3.05) is 13.7 Å². The van der Waals surface area contributed by atoms with E-state index in [-0.39, 0.29) is 17.9 Å². The van der Waals surface area contributed by atoms with E-state index in [1.54, 1.807) is 20.1 Å². The molecule has 0 spiro atoms. The van der Waals surface area contributed by atoms with Crippen molar-refractivity contribution in [1.29, 1.82) is 0 Å². The van der Waals surface area contributed by atoms with Gasteiger partial charge in [-0.1, -0.05) is 25.8 Å². The van der Waals surface area contributed by atoms with Crippen molar-refractivity contribution in [3.8, 4) is 11.5 Å². The van der Waals surface area contributed by atoms with Crippen LogP contribution in [-0.4, -0.2) is 31.6 Å². The lowest BCUT2D eigenvalue weighted by molar-refractivity contribution is -0.123. The van der Waals surface area contributed by atoms with E-state index in [1.165, 1.54) is 12.5 Å². The Morgan fingerprint density at radius 1 is 1.10 bits per heavy atom. The van der Waals surface area contributed by atoms with Gasteiger partial charge in [0.05, 0.1) is 31.6 Å². The first-order valence-electron chi connectivity index (χ1n) is 9.90. The van der Waals surface area contributed by atoms with Gasteiger partial charge >= 0.3 is 0 Å². The lowest BCUT2D eigenvalue weighted by Gasteiger charge is -2.20. The van der Waals surface area contributed by atoms with Crippen molar-refractivity contribution in [2.45, 2.75) is 52.1 Å². The summed E-state index contributed by atoms with van der Waals surface area (Å²) in [7, 11) is 1.59.